The molecule has 0 aliphatic rings. The van der Waals surface area contributed by atoms with Crippen molar-refractivity contribution >= 4 is 27.3 Å². The minimum atomic E-state index is -3.43. The number of nitrogens with one attached hydrogen (secondary N) is 1. The largest absolute Gasteiger partial charge is 0.326 e. The van der Waals surface area contributed by atoms with Crippen LogP contribution in [0.15, 0.2) is 73.1 Å². The lowest BCUT2D eigenvalue weighted by atomic mass is 10.1. The lowest BCUT2D eigenvalue weighted by Crippen LogP contribution is -2.31. The Labute approximate surface area is 190 Å². The number of amides is 1. The molecule has 0 aliphatic heterocycles. The van der Waals surface area contributed by atoms with Gasteiger partial charge in [-0.2, -0.15) is 0 Å². The Morgan fingerprint density at radius 2 is 1.50 bits per heavy atom. The first-order valence-corrected chi connectivity index (χ1v) is 12.5. The maximum atomic E-state index is 12.4. The zero-order chi connectivity index (χ0) is 23.0. The van der Waals surface area contributed by atoms with Crippen LogP contribution < -0.4 is 9.62 Å². The summed E-state index contributed by atoms with van der Waals surface area (Å²) in [5.74, 6) is -0.137. The van der Waals surface area contributed by atoms with Gasteiger partial charge in [0, 0.05) is 31.0 Å². The van der Waals surface area contributed by atoms with Gasteiger partial charge in [0.15, 0.2) is 0 Å². The maximum absolute atomic E-state index is 12.4. The van der Waals surface area contributed by atoms with Gasteiger partial charge in [-0.1, -0.05) is 31.2 Å². The third-order valence-corrected chi connectivity index (χ3v) is 6.39. The molecule has 0 unspecified atom stereocenters. The van der Waals surface area contributed by atoms with E-state index in [9.17, 15) is 13.2 Å². The van der Waals surface area contributed by atoms with Crippen LogP contribution in [0.25, 0.3) is 0 Å². The first-order valence-electron chi connectivity index (χ1n) is 10.7. The van der Waals surface area contributed by atoms with Crippen molar-refractivity contribution in [2.24, 2.45) is 0 Å². The summed E-state index contributed by atoms with van der Waals surface area (Å²) in [6, 6.07) is 19.2. The molecule has 1 aromatic heterocycles. The Morgan fingerprint density at radius 3 is 2.09 bits per heavy atom. The molecule has 0 bridgehead atoms. The van der Waals surface area contributed by atoms with Gasteiger partial charge in [0.05, 0.1) is 11.9 Å². The summed E-state index contributed by atoms with van der Waals surface area (Å²) in [5, 5.41) is 2.88. The molecule has 0 fully saturated rings. The molecule has 2 aromatic carbocycles. The smallest absolute Gasteiger partial charge is 0.232 e. The third kappa shape index (κ3) is 6.92. The fourth-order valence-corrected chi connectivity index (χ4v) is 4.40. The van der Waals surface area contributed by atoms with Gasteiger partial charge >= 0.3 is 0 Å². The molecule has 7 heteroatoms. The average Bonchev–Trinajstić information content (AvgIpc) is 2.78. The second-order valence-corrected chi connectivity index (χ2v) is 9.64. The summed E-state index contributed by atoms with van der Waals surface area (Å²) in [6.45, 7) is 2.30. The van der Waals surface area contributed by atoms with Crippen LogP contribution >= 0.6 is 0 Å². The monoisotopic (exact) mass is 451 g/mol. The maximum Gasteiger partial charge on any atom is 0.232 e. The number of anilines is 2. The zero-order valence-corrected chi connectivity index (χ0v) is 19.3. The van der Waals surface area contributed by atoms with Crippen molar-refractivity contribution in [3.05, 3.63) is 89.7 Å². The molecular formula is C25H29N3O3S. The fourth-order valence-electron chi connectivity index (χ4n) is 3.43. The number of hydrogen-bond donors (Lipinski definition) is 1. The normalized spacial score (nSPS) is 11.2. The number of pyridine rings is 1. The number of nitrogens with zero attached hydrogens (tertiary/aromatic N) is 2. The van der Waals surface area contributed by atoms with Gasteiger partial charge in [-0.15, -0.1) is 0 Å². The third-order valence-electron chi connectivity index (χ3n) is 5.19. The minimum absolute atomic E-state index is 0.137. The molecular weight excluding hydrogens is 422 g/mol. The van der Waals surface area contributed by atoms with Crippen LogP contribution in [0.3, 0.4) is 0 Å². The van der Waals surface area contributed by atoms with Crippen LogP contribution in [-0.2, 0) is 27.7 Å². The van der Waals surface area contributed by atoms with Gasteiger partial charge in [0.2, 0.25) is 15.9 Å². The molecule has 168 valence electrons. The predicted molar refractivity (Wildman–Crippen MR) is 129 cm³/mol. The van der Waals surface area contributed by atoms with Crippen LogP contribution in [0, 0.1) is 0 Å². The van der Waals surface area contributed by atoms with Gasteiger partial charge in [0.1, 0.15) is 0 Å². The fraction of sp³-hybridized carbons (Fsp3) is 0.280. The second kappa shape index (κ2) is 10.9. The van der Waals surface area contributed by atoms with E-state index >= 15 is 0 Å². The van der Waals surface area contributed by atoms with Crippen molar-refractivity contribution in [1.29, 1.82) is 0 Å². The van der Waals surface area contributed by atoms with Gasteiger partial charge in [-0.3, -0.25) is 14.1 Å². The van der Waals surface area contributed by atoms with Gasteiger partial charge in [-0.05, 0) is 72.4 Å². The van der Waals surface area contributed by atoms with E-state index in [-0.39, 0.29) is 18.9 Å². The van der Waals surface area contributed by atoms with Crippen LogP contribution in [0.4, 0.5) is 11.4 Å². The number of carbonyl (C=O) groups excluding carboxylic acids is 1. The Bertz CT molecular complexity index is 1110. The molecule has 0 radical (unpaired) electrons. The summed E-state index contributed by atoms with van der Waals surface area (Å²) in [4.78, 5) is 16.4. The van der Waals surface area contributed by atoms with E-state index in [4.69, 9.17) is 0 Å². The second-order valence-electron chi connectivity index (χ2n) is 7.74. The first kappa shape index (κ1) is 23.5. The topological polar surface area (TPSA) is 79.4 Å². The molecule has 6 nitrogen and oxygen atoms in total. The molecule has 0 saturated carbocycles. The number of benzene rings is 2. The van der Waals surface area contributed by atoms with E-state index in [1.165, 1.54) is 16.1 Å². The van der Waals surface area contributed by atoms with E-state index in [1.54, 1.807) is 12.4 Å². The van der Waals surface area contributed by atoms with Gasteiger partial charge < -0.3 is 5.32 Å². The summed E-state index contributed by atoms with van der Waals surface area (Å²) in [5.41, 5.74) is 4.82. The number of hydrogen-bond acceptors (Lipinski definition) is 4. The molecule has 1 amide bonds. The molecule has 32 heavy (non-hydrogen) atoms. The summed E-state index contributed by atoms with van der Waals surface area (Å²) in [6.07, 6.45) is 7.09. The van der Waals surface area contributed by atoms with Gasteiger partial charge in [0.25, 0.3) is 0 Å². The Balaban J connectivity index is 1.51. The molecule has 3 aromatic rings. The van der Waals surface area contributed by atoms with E-state index in [0.717, 1.165) is 29.7 Å². The van der Waals surface area contributed by atoms with Crippen molar-refractivity contribution < 1.29 is 13.2 Å². The summed E-state index contributed by atoms with van der Waals surface area (Å²) in [7, 11) is -3.43. The quantitative estimate of drug-likeness (QED) is 0.495. The zero-order valence-electron chi connectivity index (χ0n) is 18.5. The molecule has 0 atom stereocenters. The SMILES string of the molecule is CCc1ccc(N(CCCC(=O)Nc2ccc(Cc3ccncc3)cc2)S(C)(=O)=O)cc1. The highest BCUT2D eigenvalue weighted by Crippen LogP contribution is 2.20. The molecule has 1 heterocycles. The number of rotatable bonds is 10. The van der Waals surface area contributed by atoms with Gasteiger partial charge in [-0.25, -0.2) is 8.42 Å². The van der Waals surface area contributed by atoms with Crippen molar-refractivity contribution in [3.8, 4) is 0 Å². The summed E-state index contributed by atoms with van der Waals surface area (Å²) < 4.78 is 25.8. The van der Waals surface area contributed by atoms with E-state index < -0.39 is 10.0 Å². The lowest BCUT2D eigenvalue weighted by Gasteiger charge is -2.22. The number of carbonyl (C=O) groups is 1. The minimum Gasteiger partial charge on any atom is -0.326 e. The Kier molecular flexibility index (Phi) is 8.00. The van der Waals surface area contributed by atoms with Crippen molar-refractivity contribution in [3.63, 3.8) is 0 Å². The van der Waals surface area contributed by atoms with Crippen LogP contribution in [-0.4, -0.2) is 32.1 Å². The highest BCUT2D eigenvalue weighted by molar-refractivity contribution is 7.92. The highest BCUT2D eigenvalue weighted by Gasteiger charge is 2.17. The molecule has 3 rings (SSSR count). The molecule has 0 saturated heterocycles. The van der Waals surface area contributed by atoms with E-state index in [2.05, 4.69) is 17.2 Å². The first-order chi connectivity index (χ1) is 15.3. The van der Waals surface area contributed by atoms with Crippen LogP contribution in [0.1, 0.15) is 36.5 Å². The van der Waals surface area contributed by atoms with E-state index in [0.29, 0.717) is 12.1 Å². The van der Waals surface area contributed by atoms with Crippen LogP contribution in [0.5, 0.6) is 0 Å². The molecule has 0 spiro atoms. The van der Waals surface area contributed by atoms with E-state index in [1.807, 2.05) is 60.7 Å². The average molecular weight is 452 g/mol. The predicted octanol–water partition coefficient (Wildman–Crippen LogP) is 4.42. The van der Waals surface area contributed by atoms with Crippen molar-refractivity contribution in [2.45, 2.75) is 32.6 Å². The van der Waals surface area contributed by atoms with Crippen molar-refractivity contribution in [1.82, 2.24) is 4.98 Å². The summed E-state index contributed by atoms with van der Waals surface area (Å²) >= 11 is 0. The highest BCUT2D eigenvalue weighted by atomic mass is 32.2. The number of aromatic nitrogens is 1. The Morgan fingerprint density at radius 1 is 0.906 bits per heavy atom. The number of sulfonamides is 1. The number of aryl methyl sites for hydroxylation is 1. The molecule has 0 aliphatic carbocycles. The standard InChI is InChI=1S/C25H29N3O3S/c1-3-20-8-12-24(13-9-20)28(32(2,30)31)18-4-5-25(29)27-23-10-6-21(7-11-23)19-22-14-16-26-17-15-22/h6-17H,3-5,18-19H2,1-2H3,(H,27,29). The lowest BCUT2D eigenvalue weighted by molar-refractivity contribution is -0.116. The Hall–Kier alpha value is -3.19. The van der Waals surface area contributed by atoms with Crippen molar-refractivity contribution in [2.75, 3.05) is 22.4 Å². The van der Waals surface area contributed by atoms with Crippen LogP contribution in [0.2, 0.25) is 0 Å². The molecule has 1 N–H and O–H groups in total.